The summed E-state index contributed by atoms with van der Waals surface area (Å²) in [7, 11) is 0. The van der Waals surface area contributed by atoms with Gasteiger partial charge in [0.25, 0.3) is 0 Å². The molecule has 4 aliphatic heterocycles. The van der Waals surface area contributed by atoms with Gasteiger partial charge in [-0.05, 0) is 11.1 Å². The molecule has 0 amide bonds. The summed E-state index contributed by atoms with van der Waals surface area (Å²) < 4.78 is 32.2. The maximum atomic E-state index is 11.0. The van der Waals surface area contributed by atoms with Gasteiger partial charge in [0.2, 0.25) is 5.79 Å². The second-order valence-corrected chi connectivity index (χ2v) is 15.0. The topological polar surface area (TPSA) is 363 Å². The quantitative estimate of drug-likeness (QED) is 0.0791. The second kappa shape index (κ2) is 22.3. The van der Waals surface area contributed by atoms with E-state index in [1.807, 2.05) is 60.7 Å². The Morgan fingerprint density at radius 3 is 1.40 bits per heavy atom. The molecule has 22 heteroatoms. The molecule has 19 atom stereocenters. The Labute approximate surface area is 344 Å². The number of nitrogens with one attached hydrogen (secondary N) is 2. The van der Waals surface area contributed by atoms with Crippen LogP contribution in [0.4, 0.5) is 0 Å². The lowest BCUT2D eigenvalue weighted by molar-refractivity contribution is -0.312. The number of hydrogen-bond donors (Lipinski definition) is 16. The van der Waals surface area contributed by atoms with E-state index in [-0.39, 0.29) is 6.61 Å². The van der Waals surface area contributed by atoms with Gasteiger partial charge in [-0.15, -0.1) is 0 Å². The van der Waals surface area contributed by atoms with Crippen molar-refractivity contribution in [1.29, 1.82) is 0 Å². The molecule has 4 heterocycles. The smallest absolute Gasteiger partial charge is 0.219 e. The lowest BCUT2D eigenvalue weighted by Gasteiger charge is -2.44. The summed E-state index contributed by atoms with van der Waals surface area (Å²) in [6.45, 7) is -2.06. The highest BCUT2D eigenvalue weighted by atomic mass is 16.7. The number of aliphatic hydroxyl groups is 14. The summed E-state index contributed by atoms with van der Waals surface area (Å²) in [5.41, 5.74) is 2.00. The van der Waals surface area contributed by atoms with Crippen molar-refractivity contribution in [2.45, 2.75) is 129 Å². The summed E-state index contributed by atoms with van der Waals surface area (Å²) in [5.74, 6) is -2.34. The molecule has 0 aromatic heterocycles. The van der Waals surface area contributed by atoms with E-state index in [4.69, 9.17) is 38.6 Å². The van der Waals surface area contributed by atoms with Crippen LogP contribution in [0.25, 0.3) is 0 Å². The lowest BCUT2D eigenvalue weighted by atomic mass is 9.95. The molecule has 7 unspecified atom stereocenters. The minimum atomic E-state index is -2.34. The zero-order valence-electron chi connectivity index (χ0n) is 32.3. The number of hydrogen-bond acceptors (Lipinski definition) is 22. The van der Waals surface area contributed by atoms with Crippen molar-refractivity contribution in [1.82, 2.24) is 10.6 Å². The van der Waals surface area contributed by atoms with Gasteiger partial charge in [0.1, 0.15) is 91.7 Å². The summed E-state index contributed by atoms with van der Waals surface area (Å²) >= 11 is 0. The highest BCUT2D eigenvalue weighted by Crippen LogP contribution is 2.31. The van der Waals surface area contributed by atoms with E-state index < -0.39 is 143 Å². The zero-order valence-corrected chi connectivity index (χ0v) is 32.3. The normalized spacial score (nSPS) is 42.0. The fourth-order valence-corrected chi connectivity index (χ4v) is 7.08. The first kappa shape index (κ1) is 48.6. The molecule has 0 bridgehead atoms. The van der Waals surface area contributed by atoms with Gasteiger partial charge in [0.15, 0.2) is 12.6 Å². The molecule has 0 saturated carbocycles. The van der Waals surface area contributed by atoms with E-state index >= 15 is 0 Å². The summed E-state index contributed by atoms with van der Waals surface area (Å²) in [6.07, 6.45) is -23.5. The van der Waals surface area contributed by atoms with Crippen molar-refractivity contribution in [2.75, 3.05) is 33.0 Å². The highest BCUT2D eigenvalue weighted by molar-refractivity contribution is 5.16. The van der Waals surface area contributed by atoms with E-state index in [2.05, 4.69) is 10.6 Å². The molecule has 4 fully saturated rings. The summed E-state index contributed by atoms with van der Waals surface area (Å²) in [5, 5.41) is 144. The first-order valence-electron chi connectivity index (χ1n) is 19.4. The van der Waals surface area contributed by atoms with Gasteiger partial charge in [-0.3, -0.25) is 5.32 Å². The van der Waals surface area contributed by atoms with E-state index in [0.29, 0.717) is 13.1 Å². The summed E-state index contributed by atoms with van der Waals surface area (Å²) in [4.78, 5) is 0. The maximum absolute atomic E-state index is 11.0. The molecule has 0 radical (unpaired) electrons. The standard InChI is InChI=1S/C26H36N2O9.C12H22O11/c29-13-17-20(30)23(33)24(34)26(37-17)35-14-18-21(31)22(32)19(27-11-15-7-3-1-4-8-15)25(36-18)28-12-16-9-5-2-6-10-16;13-1-4-6(15)8(17)9(18)11(22-4)21-2-5-7(16)10(19)12(20,3-14)23-5/h1-10,17-34H,11-14H2;4-11,13-20H,1-3H2/t17?,18?,19-,20+,21+,22?,23?,24-,25+,26-;4?,5-,6-,7+,8+,9?,10?,11+,12+/m01/s1. The molecular weight excluding hydrogens is 804 g/mol. The average molecular weight is 863 g/mol. The molecule has 22 nitrogen and oxygen atoms in total. The van der Waals surface area contributed by atoms with Gasteiger partial charge >= 0.3 is 0 Å². The molecule has 2 aromatic rings. The number of aliphatic hydroxyl groups excluding tert-OH is 13. The Hall–Kier alpha value is -2.44. The molecule has 6 rings (SSSR count). The zero-order chi connectivity index (χ0) is 43.7. The van der Waals surface area contributed by atoms with Crippen LogP contribution in [0, 0.1) is 0 Å². The number of benzene rings is 2. The van der Waals surface area contributed by atoms with Gasteiger partial charge < -0.3 is 105 Å². The Morgan fingerprint density at radius 1 is 0.500 bits per heavy atom. The van der Waals surface area contributed by atoms with Crippen LogP contribution in [0.3, 0.4) is 0 Å². The van der Waals surface area contributed by atoms with Gasteiger partial charge in [0.05, 0.1) is 39.1 Å². The minimum Gasteiger partial charge on any atom is -0.394 e. The van der Waals surface area contributed by atoms with E-state index in [9.17, 15) is 61.3 Å². The van der Waals surface area contributed by atoms with Crippen LogP contribution in [0.2, 0.25) is 0 Å². The molecule has 0 spiro atoms. The monoisotopic (exact) mass is 862 g/mol. The van der Waals surface area contributed by atoms with Gasteiger partial charge in [-0.2, -0.15) is 0 Å². The Kier molecular flexibility index (Phi) is 18.0. The van der Waals surface area contributed by atoms with E-state index in [1.54, 1.807) is 0 Å². The molecular formula is C38H58N2O20. The Morgan fingerprint density at radius 2 is 0.950 bits per heavy atom. The fraction of sp³-hybridized carbons (Fsp3) is 0.684. The second-order valence-electron chi connectivity index (χ2n) is 15.0. The Balaban J connectivity index is 0.000000255. The maximum Gasteiger partial charge on any atom is 0.219 e. The van der Waals surface area contributed by atoms with Crippen LogP contribution in [0.5, 0.6) is 0 Å². The number of ether oxygens (including phenoxy) is 6. The van der Waals surface area contributed by atoms with Gasteiger partial charge in [-0.1, -0.05) is 60.7 Å². The van der Waals surface area contributed by atoms with Crippen molar-refractivity contribution in [3.63, 3.8) is 0 Å². The molecule has 4 saturated heterocycles. The van der Waals surface area contributed by atoms with Crippen molar-refractivity contribution >= 4 is 0 Å². The van der Waals surface area contributed by atoms with Crippen molar-refractivity contribution in [3.05, 3.63) is 71.8 Å². The first-order chi connectivity index (χ1) is 28.6. The third-order valence-corrected chi connectivity index (χ3v) is 10.8. The largest absolute Gasteiger partial charge is 0.394 e. The average Bonchev–Trinajstić information content (AvgIpc) is 3.49. The molecule has 2 aromatic carbocycles. The minimum absolute atomic E-state index is 0.296. The summed E-state index contributed by atoms with van der Waals surface area (Å²) in [6, 6.07) is 18.6. The van der Waals surface area contributed by atoms with Crippen LogP contribution >= 0.6 is 0 Å². The van der Waals surface area contributed by atoms with Crippen LogP contribution in [0.15, 0.2) is 60.7 Å². The first-order valence-corrected chi connectivity index (χ1v) is 19.4. The van der Waals surface area contributed by atoms with Crippen molar-refractivity contribution in [2.24, 2.45) is 0 Å². The molecule has 340 valence electrons. The SMILES string of the molecule is OCC1O[C@H](OCC2O[C@@H](NCc3ccccc3)[C@@H](NCc3ccccc3)C(O)[C@@H]2O)[C@@H](O)C(O)[C@@H]1O.OCC1O[C@H](OC[C@H]2O[C@@](O)(CO)C(O)[C@H]2O)C(O)[C@@H](O)[C@@H]1O. The third kappa shape index (κ3) is 11.6. The van der Waals surface area contributed by atoms with Gasteiger partial charge in [0, 0.05) is 13.1 Å². The van der Waals surface area contributed by atoms with Crippen LogP contribution in [-0.4, -0.2) is 221 Å². The van der Waals surface area contributed by atoms with Crippen LogP contribution < -0.4 is 10.6 Å². The van der Waals surface area contributed by atoms with Crippen LogP contribution in [-0.2, 0) is 41.5 Å². The lowest BCUT2D eigenvalue weighted by Crippen LogP contribution is -2.67. The third-order valence-electron chi connectivity index (χ3n) is 10.8. The molecule has 60 heavy (non-hydrogen) atoms. The fourth-order valence-electron chi connectivity index (χ4n) is 7.08. The van der Waals surface area contributed by atoms with E-state index in [1.165, 1.54) is 0 Å². The predicted octanol–water partition coefficient (Wildman–Crippen LogP) is -7.20. The highest BCUT2D eigenvalue weighted by Gasteiger charge is 2.54. The van der Waals surface area contributed by atoms with Crippen LogP contribution in [0.1, 0.15) is 11.1 Å². The number of rotatable bonds is 15. The van der Waals surface area contributed by atoms with E-state index in [0.717, 1.165) is 11.1 Å². The predicted molar refractivity (Wildman–Crippen MR) is 199 cm³/mol. The van der Waals surface area contributed by atoms with Gasteiger partial charge in [-0.25, -0.2) is 0 Å². The molecule has 16 N–H and O–H groups in total. The van der Waals surface area contributed by atoms with Crippen molar-refractivity contribution in [3.8, 4) is 0 Å². The van der Waals surface area contributed by atoms with Crippen molar-refractivity contribution < 1.29 is 99.9 Å². The molecule has 4 aliphatic rings. The Bertz CT molecular complexity index is 1540. The molecule has 0 aliphatic carbocycles.